The van der Waals surface area contributed by atoms with Gasteiger partial charge < -0.3 is 15.4 Å². The zero-order valence-electron chi connectivity index (χ0n) is 18.3. The van der Waals surface area contributed by atoms with Gasteiger partial charge in [0.25, 0.3) is 5.91 Å². The zero-order valence-corrected chi connectivity index (χ0v) is 19.9. The maximum atomic E-state index is 12.7. The molecule has 1 heterocycles. The van der Waals surface area contributed by atoms with Gasteiger partial charge in [0, 0.05) is 22.4 Å². The molecule has 1 aliphatic heterocycles. The second-order valence-electron chi connectivity index (χ2n) is 7.31. The largest absolute Gasteiger partial charge is 0.463 e. The summed E-state index contributed by atoms with van der Waals surface area (Å²) in [5.74, 6) is -0.697. The molecule has 0 aliphatic carbocycles. The van der Waals surface area contributed by atoms with Gasteiger partial charge in [0.2, 0.25) is 0 Å². The predicted molar refractivity (Wildman–Crippen MR) is 126 cm³/mol. The van der Waals surface area contributed by atoms with Crippen molar-refractivity contribution in [1.82, 2.24) is 10.2 Å². The third-order valence-electron chi connectivity index (χ3n) is 5.16. The maximum absolute atomic E-state index is 12.7. The van der Waals surface area contributed by atoms with Gasteiger partial charge in [-0.25, -0.2) is 9.59 Å². The molecule has 0 bridgehead atoms. The highest BCUT2D eigenvalue weighted by Crippen LogP contribution is 2.32. The van der Waals surface area contributed by atoms with Gasteiger partial charge in [-0.1, -0.05) is 31.2 Å². The van der Waals surface area contributed by atoms with Crippen LogP contribution in [0.5, 0.6) is 0 Å². The van der Waals surface area contributed by atoms with Crippen LogP contribution < -0.4 is 10.6 Å². The van der Waals surface area contributed by atoms with E-state index < -0.39 is 12.0 Å². The summed E-state index contributed by atoms with van der Waals surface area (Å²) in [7, 11) is 0. The van der Waals surface area contributed by atoms with Gasteiger partial charge in [-0.05, 0) is 66.0 Å². The first-order chi connectivity index (χ1) is 15.4. The van der Waals surface area contributed by atoms with Crippen molar-refractivity contribution in [3.8, 4) is 0 Å². The summed E-state index contributed by atoms with van der Waals surface area (Å²) in [4.78, 5) is 39.5. The highest BCUT2D eigenvalue weighted by atomic mass is 79.9. The molecule has 1 unspecified atom stereocenters. The number of urea groups is 1. The number of ether oxygens (including phenoxy) is 1. The molecule has 8 heteroatoms. The Labute approximate surface area is 195 Å². The fourth-order valence-electron chi connectivity index (χ4n) is 3.60. The van der Waals surface area contributed by atoms with Crippen LogP contribution in [-0.4, -0.2) is 36.0 Å². The van der Waals surface area contributed by atoms with E-state index in [1.165, 1.54) is 0 Å². The van der Waals surface area contributed by atoms with Crippen molar-refractivity contribution in [1.29, 1.82) is 0 Å². The Balaban J connectivity index is 1.87. The number of rotatable bonds is 7. The summed E-state index contributed by atoms with van der Waals surface area (Å²) in [6.07, 6.45) is 0.761. The normalized spacial score (nSPS) is 15.9. The fraction of sp³-hybridized carbons (Fsp3) is 0.292. The van der Waals surface area contributed by atoms with Crippen LogP contribution in [0.25, 0.3) is 0 Å². The maximum Gasteiger partial charge on any atom is 0.338 e. The molecule has 7 nitrogen and oxygen atoms in total. The Bertz CT molecular complexity index is 1050. The van der Waals surface area contributed by atoms with Crippen molar-refractivity contribution in [2.24, 2.45) is 0 Å². The smallest absolute Gasteiger partial charge is 0.338 e. The minimum atomic E-state index is -0.636. The third kappa shape index (κ3) is 5.02. The van der Waals surface area contributed by atoms with Crippen LogP contribution in [0.4, 0.5) is 10.5 Å². The van der Waals surface area contributed by atoms with Crippen molar-refractivity contribution in [2.75, 3.05) is 18.5 Å². The van der Waals surface area contributed by atoms with Crippen LogP contribution in [-0.2, 0) is 9.53 Å². The van der Waals surface area contributed by atoms with Crippen LogP contribution in [0.2, 0.25) is 0 Å². The minimum absolute atomic E-state index is 0.240. The standard InChI is InChI=1S/C24H26BrN3O4/c1-4-14-28-15(3)20(23(30)32-5-2)21(27-24(28)31)16-10-12-17(13-11-16)26-22(29)18-8-6-7-9-19(18)25/h6-13,21H,4-5,14H2,1-3H3,(H,26,29)(H,27,31). The van der Waals surface area contributed by atoms with E-state index in [0.717, 1.165) is 12.0 Å². The van der Waals surface area contributed by atoms with E-state index in [0.29, 0.717) is 33.5 Å². The number of carbonyl (C=O) groups excluding carboxylic acids is 3. The Morgan fingerprint density at radius 3 is 2.44 bits per heavy atom. The van der Waals surface area contributed by atoms with Crippen molar-refractivity contribution in [2.45, 2.75) is 33.2 Å². The molecule has 1 aliphatic rings. The fourth-order valence-corrected chi connectivity index (χ4v) is 4.06. The molecule has 3 amide bonds. The average molecular weight is 500 g/mol. The molecule has 0 fully saturated rings. The monoisotopic (exact) mass is 499 g/mol. The third-order valence-corrected chi connectivity index (χ3v) is 5.85. The lowest BCUT2D eigenvalue weighted by atomic mass is 9.94. The molecule has 0 radical (unpaired) electrons. The number of hydrogen-bond donors (Lipinski definition) is 2. The highest BCUT2D eigenvalue weighted by Gasteiger charge is 2.36. The molecule has 0 aromatic heterocycles. The summed E-state index contributed by atoms with van der Waals surface area (Å²) in [6.45, 7) is 6.23. The van der Waals surface area contributed by atoms with E-state index in [4.69, 9.17) is 4.74 Å². The quantitative estimate of drug-likeness (QED) is 0.523. The van der Waals surface area contributed by atoms with E-state index in [1.807, 2.05) is 13.0 Å². The Morgan fingerprint density at radius 1 is 1.12 bits per heavy atom. The Hall–Kier alpha value is -3.13. The summed E-state index contributed by atoms with van der Waals surface area (Å²) in [6, 6.07) is 13.3. The lowest BCUT2D eigenvalue weighted by Gasteiger charge is -2.35. The highest BCUT2D eigenvalue weighted by molar-refractivity contribution is 9.10. The second kappa shape index (κ2) is 10.5. The number of halogens is 1. The molecule has 168 valence electrons. The summed E-state index contributed by atoms with van der Waals surface area (Å²) >= 11 is 3.38. The molecule has 3 rings (SSSR count). The molecular weight excluding hydrogens is 474 g/mol. The SMILES string of the molecule is CCCN1C(=O)NC(c2ccc(NC(=O)c3ccccc3Br)cc2)C(C(=O)OCC)=C1C. The molecule has 0 spiro atoms. The van der Waals surface area contributed by atoms with Crippen LogP contribution in [0, 0.1) is 0 Å². The van der Waals surface area contributed by atoms with Gasteiger partial charge in [0.1, 0.15) is 0 Å². The topological polar surface area (TPSA) is 87.7 Å². The molecule has 1 atom stereocenters. The van der Waals surface area contributed by atoms with Gasteiger partial charge in [0.05, 0.1) is 23.8 Å². The first-order valence-electron chi connectivity index (χ1n) is 10.5. The van der Waals surface area contributed by atoms with Gasteiger partial charge in [-0.15, -0.1) is 0 Å². The summed E-state index contributed by atoms with van der Waals surface area (Å²) in [5.41, 5.74) is 2.84. The van der Waals surface area contributed by atoms with E-state index in [-0.39, 0.29) is 18.5 Å². The van der Waals surface area contributed by atoms with Gasteiger partial charge in [-0.3, -0.25) is 9.69 Å². The van der Waals surface area contributed by atoms with Crippen LogP contribution >= 0.6 is 15.9 Å². The lowest BCUT2D eigenvalue weighted by molar-refractivity contribution is -0.139. The van der Waals surface area contributed by atoms with Crippen LogP contribution in [0.15, 0.2) is 64.3 Å². The molecule has 2 aromatic carbocycles. The molecule has 2 N–H and O–H groups in total. The minimum Gasteiger partial charge on any atom is -0.463 e. The molecule has 0 saturated carbocycles. The van der Waals surface area contributed by atoms with Gasteiger partial charge in [-0.2, -0.15) is 0 Å². The summed E-state index contributed by atoms with van der Waals surface area (Å²) in [5, 5.41) is 5.77. The van der Waals surface area contributed by atoms with Crippen molar-refractivity contribution in [3.05, 3.63) is 75.4 Å². The van der Waals surface area contributed by atoms with E-state index >= 15 is 0 Å². The number of allylic oxidation sites excluding steroid dienone is 1. The number of benzene rings is 2. The van der Waals surface area contributed by atoms with Gasteiger partial charge >= 0.3 is 12.0 Å². The first-order valence-corrected chi connectivity index (χ1v) is 11.3. The van der Waals surface area contributed by atoms with Crippen molar-refractivity contribution in [3.63, 3.8) is 0 Å². The van der Waals surface area contributed by atoms with Gasteiger partial charge in [0.15, 0.2) is 0 Å². The Kier molecular flexibility index (Phi) is 7.69. The number of nitrogens with one attached hydrogen (secondary N) is 2. The molecular formula is C24H26BrN3O4. The number of anilines is 1. The zero-order chi connectivity index (χ0) is 23.3. The van der Waals surface area contributed by atoms with Crippen LogP contribution in [0.1, 0.15) is 49.2 Å². The predicted octanol–water partition coefficient (Wildman–Crippen LogP) is 5.01. The number of nitrogens with zero attached hydrogens (tertiary/aromatic N) is 1. The molecule has 2 aromatic rings. The number of esters is 1. The van der Waals surface area contributed by atoms with E-state index in [1.54, 1.807) is 61.2 Å². The summed E-state index contributed by atoms with van der Waals surface area (Å²) < 4.78 is 5.97. The van der Waals surface area contributed by atoms with Crippen molar-refractivity contribution < 1.29 is 19.1 Å². The number of carbonyl (C=O) groups is 3. The second-order valence-corrected chi connectivity index (χ2v) is 8.16. The van der Waals surface area contributed by atoms with E-state index in [2.05, 4.69) is 26.6 Å². The molecule has 32 heavy (non-hydrogen) atoms. The van der Waals surface area contributed by atoms with E-state index in [9.17, 15) is 14.4 Å². The number of hydrogen-bond acceptors (Lipinski definition) is 4. The number of amides is 3. The molecule has 0 saturated heterocycles. The Morgan fingerprint density at radius 2 is 1.81 bits per heavy atom. The first kappa shape index (κ1) is 23.5. The van der Waals surface area contributed by atoms with Crippen LogP contribution in [0.3, 0.4) is 0 Å². The average Bonchev–Trinajstić information content (AvgIpc) is 2.77. The van der Waals surface area contributed by atoms with Crippen molar-refractivity contribution >= 4 is 39.5 Å². The lowest BCUT2D eigenvalue weighted by Crippen LogP contribution is -2.48.